The number of rotatable bonds is 2. The van der Waals surface area contributed by atoms with Crippen LogP contribution in [0.4, 0.5) is 13.2 Å². The fraction of sp³-hybridized carbons (Fsp3) is 0.600. The first-order chi connectivity index (χ1) is 8.65. The topological polar surface area (TPSA) is 9.23 Å². The summed E-state index contributed by atoms with van der Waals surface area (Å²) in [6, 6.07) is 6.27. The number of hydrogen-bond acceptors (Lipinski definition) is 1. The van der Waals surface area contributed by atoms with E-state index in [9.17, 15) is 13.2 Å². The van der Waals surface area contributed by atoms with Gasteiger partial charge < -0.3 is 4.74 Å². The highest BCUT2D eigenvalue weighted by Crippen LogP contribution is 2.50. The van der Waals surface area contributed by atoms with E-state index in [4.69, 9.17) is 0 Å². The van der Waals surface area contributed by atoms with E-state index in [0.717, 1.165) is 18.4 Å². The molecular formula is C15H19F3O. The van der Waals surface area contributed by atoms with Crippen molar-refractivity contribution in [2.45, 2.75) is 45.9 Å². The van der Waals surface area contributed by atoms with Gasteiger partial charge in [0.2, 0.25) is 0 Å². The quantitative estimate of drug-likeness (QED) is 0.725. The van der Waals surface area contributed by atoms with E-state index >= 15 is 0 Å². The molecule has 0 aliphatic heterocycles. The second-order valence-electron chi connectivity index (χ2n) is 6.35. The van der Waals surface area contributed by atoms with E-state index in [0.29, 0.717) is 17.3 Å². The molecule has 1 aliphatic rings. The van der Waals surface area contributed by atoms with Crippen molar-refractivity contribution in [3.63, 3.8) is 0 Å². The van der Waals surface area contributed by atoms with Crippen molar-refractivity contribution in [3.8, 4) is 5.75 Å². The molecule has 0 amide bonds. The third-order valence-corrected chi connectivity index (χ3v) is 3.95. The van der Waals surface area contributed by atoms with Crippen LogP contribution in [0.5, 0.6) is 5.75 Å². The van der Waals surface area contributed by atoms with Crippen LogP contribution >= 0.6 is 0 Å². The highest BCUT2D eigenvalue weighted by molar-refractivity contribution is 5.31. The minimum atomic E-state index is -4.62. The molecule has 0 heterocycles. The van der Waals surface area contributed by atoms with Gasteiger partial charge in [-0.05, 0) is 47.8 Å². The average molecular weight is 272 g/mol. The summed E-state index contributed by atoms with van der Waals surface area (Å²) < 4.78 is 40.0. The molecule has 1 aliphatic carbocycles. The van der Waals surface area contributed by atoms with Crippen LogP contribution in [-0.4, -0.2) is 6.36 Å². The average Bonchev–Trinajstić information content (AvgIpc) is 2.13. The van der Waals surface area contributed by atoms with Crippen molar-refractivity contribution in [1.29, 1.82) is 0 Å². The summed E-state index contributed by atoms with van der Waals surface area (Å²) in [5.41, 5.74) is 1.42. The van der Waals surface area contributed by atoms with Crippen LogP contribution in [0, 0.1) is 11.3 Å². The van der Waals surface area contributed by atoms with Gasteiger partial charge >= 0.3 is 6.36 Å². The van der Waals surface area contributed by atoms with Crippen molar-refractivity contribution < 1.29 is 17.9 Å². The molecule has 0 saturated heterocycles. The Labute approximate surface area is 111 Å². The number of halogens is 3. The molecular weight excluding hydrogens is 253 g/mol. The largest absolute Gasteiger partial charge is 0.573 e. The van der Waals surface area contributed by atoms with Crippen molar-refractivity contribution in [2.75, 3.05) is 0 Å². The van der Waals surface area contributed by atoms with E-state index in [1.807, 2.05) is 0 Å². The van der Waals surface area contributed by atoms with Gasteiger partial charge in [0.1, 0.15) is 5.75 Å². The van der Waals surface area contributed by atoms with Crippen LogP contribution in [0.3, 0.4) is 0 Å². The maximum Gasteiger partial charge on any atom is 0.573 e. The summed E-state index contributed by atoms with van der Waals surface area (Å²) in [5, 5.41) is 0. The summed E-state index contributed by atoms with van der Waals surface area (Å²) >= 11 is 0. The van der Waals surface area contributed by atoms with E-state index in [-0.39, 0.29) is 5.75 Å². The van der Waals surface area contributed by atoms with Gasteiger partial charge in [0, 0.05) is 0 Å². The van der Waals surface area contributed by atoms with Crippen LogP contribution < -0.4 is 4.74 Å². The Morgan fingerprint density at radius 1 is 1.00 bits per heavy atom. The van der Waals surface area contributed by atoms with Crippen LogP contribution in [0.1, 0.15) is 45.1 Å². The molecule has 106 valence electrons. The molecule has 1 fully saturated rings. The third-order valence-electron chi connectivity index (χ3n) is 3.95. The molecule has 0 atom stereocenters. The van der Waals surface area contributed by atoms with Crippen LogP contribution in [-0.2, 0) is 0 Å². The second kappa shape index (κ2) is 4.73. The highest BCUT2D eigenvalue weighted by atomic mass is 19.4. The summed E-state index contributed by atoms with van der Waals surface area (Å²) in [6.07, 6.45) is -2.39. The van der Waals surface area contributed by atoms with Gasteiger partial charge in [-0.2, -0.15) is 0 Å². The van der Waals surface area contributed by atoms with E-state index in [2.05, 4.69) is 25.5 Å². The first-order valence-corrected chi connectivity index (χ1v) is 6.51. The van der Waals surface area contributed by atoms with Gasteiger partial charge in [-0.15, -0.1) is 13.2 Å². The van der Waals surface area contributed by atoms with Crippen LogP contribution in [0.25, 0.3) is 0 Å². The second-order valence-corrected chi connectivity index (χ2v) is 6.35. The first kappa shape index (κ1) is 14.2. The number of hydrogen-bond donors (Lipinski definition) is 0. The Bertz CT molecular complexity index is 422. The zero-order valence-electron chi connectivity index (χ0n) is 11.4. The molecule has 1 saturated carbocycles. The SMILES string of the molecule is CC(C)(C)C1CC(c2ccc(OC(F)(F)F)cc2)C1. The Kier molecular flexibility index (Phi) is 3.54. The fourth-order valence-corrected chi connectivity index (χ4v) is 2.54. The lowest BCUT2D eigenvalue weighted by Gasteiger charge is -2.44. The van der Waals surface area contributed by atoms with Gasteiger partial charge in [0.15, 0.2) is 0 Å². The monoisotopic (exact) mass is 272 g/mol. The lowest BCUT2D eigenvalue weighted by molar-refractivity contribution is -0.274. The zero-order chi connectivity index (χ0) is 14.3. The molecule has 1 nitrogen and oxygen atoms in total. The van der Waals surface area contributed by atoms with Gasteiger partial charge in [0.25, 0.3) is 0 Å². The first-order valence-electron chi connectivity index (χ1n) is 6.51. The van der Waals surface area contributed by atoms with Gasteiger partial charge in [-0.3, -0.25) is 0 Å². The van der Waals surface area contributed by atoms with E-state index in [1.165, 1.54) is 12.1 Å². The lowest BCUT2D eigenvalue weighted by Crippen LogP contribution is -2.32. The van der Waals surface area contributed by atoms with Gasteiger partial charge in [0.05, 0.1) is 0 Å². The molecule has 1 aromatic rings. The minimum absolute atomic E-state index is 0.150. The molecule has 1 aromatic carbocycles. The standard InChI is InChI=1S/C15H19F3O/c1-14(2,3)12-8-11(9-12)10-4-6-13(7-5-10)19-15(16,17)18/h4-7,11-12H,8-9H2,1-3H3. The van der Waals surface area contributed by atoms with E-state index < -0.39 is 6.36 Å². The normalized spacial score (nSPS) is 23.9. The summed E-state index contributed by atoms with van der Waals surface area (Å²) in [5.74, 6) is 1.02. The van der Waals surface area contributed by atoms with Gasteiger partial charge in [-0.1, -0.05) is 32.9 Å². The Balaban J connectivity index is 1.94. The molecule has 2 rings (SSSR count). The summed E-state index contributed by atoms with van der Waals surface area (Å²) in [4.78, 5) is 0. The Morgan fingerprint density at radius 2 is 1.53 bits per heavy atom. The predicted octanol–water partition coefficient (Wildman–Crippen LogP) is 5.12. The predicted molar refractivity (Wildman–Crippen MR) is 68.0 cm³/mol. The maximum atomic E-state index is 12.0. The van der Waals surface area contributed by atoms with Crippen molar-refractivity contribution >= 4 is 0 Å². The smallest absolute Gasteiger partial charge is 0.406 e. The highest BCUT2D eigenvalue weighted by Gasteiger charge is 2.37. The van der Waals surface area contributed by atoms with Crippen LogP contribution in [0.15, 0.2) is 24.3 Å². The lowest BCUT2D eigenvalue weighted by atomic mass is 9.61. The molecule has 0 unspecified atom stereocenters. The van der Waals surface area contributed by atoms with Crippen molar-refractivity contribution in [2.24, 2.45) is 11.3 Å². The van der Waals surface area contributed by atoms with Crippen LogP contribution in [0.2, 0.25) is 0 Å². The molecule has 0 radical (unpaired) electrons. The summed E-state index contributed by atoms with van der Waals surface area (Å²) in [7, 11) is 0. The molecule has 0 N–H and O–H groups in total. The minimum Gasteiger partial charge on any atom is -0.406 e. The number of benzene rings is 1. The Morgan fingerprint density at radius 3 is 1.95 bits per heavy atom. The Hall–Kier alpha value is -1.19. The maximum absolute atomic E-state index is 12.0. The van der Waals surface area contributed by atoms with Crippen molar-refractivity contribution in [1.82, 2.24) is 0 Å². The molecule has 0 bridgehead atoms. The fourth-order valence-electron chi connectivity index (χ4n) is 2.54. The van der Waals surface area contributed by atoms with Gasteiger partial charge in [-0.25, -0.2) is 0 Å². The molecule has 19 heavy (non-hydrogen) atoms. The number of ether oxygens (including phenoxy) is 1. The molecule has 0 aromatic heterocycles. The summed E-state index contributed by atoms with van der Waals surface area (Å²) in [6.45, 7) is 6.69. The zero-order valence-corrected chi connectivity index (χ0v) is 11.4. The third kappa shape index (κ3) is 3.64. The van der Waals surface area contributed by atoms with Crippen molar-refractivity contribution in [3.05, 3.63) is 29.8 Å². The number of alkyl halides is 3. The molecule has 0 spiro atoms. The van der Waals surface area contributed by atoms with E-state index in [1.54, 1.807) is 12.1 Å². The molecule has 4 heteroatoms.